The van der Waals surface area contributed by atoms with E-state index in [4.69, 9.17) is 4.42 Å². The molecular formula is C32H27BrN2O2. The molecular weight excluding hydrogens is 524 g/mol. The Hall–Kier alpha value is -3.96. The summed E-state index contributed by atoms with van der Waals surface area (Å²) in [7, 11) is 0. The van der Waals surface area contributed by atoms with Gasteiger partial charge in [0.25, 0.3) is 0 Å². The van der Waals surface area contributed by atoms with Crippen molar-refractivity contribution in [3.63, 3.8) is 0 Å². The van der Waals surface area contributed by atoms with Crippen molar-refractivity contribution >= 4 is 27.5 Å². The fourth-order valence-electron chi connectivity index (χ4n) is 4.94. The molecule has 0 N–H and O–H groups in total. The van der Waals surface area contributed by atoms with E-state index in [0.717, 1.165) is 50.6 Å². The Balaban J connectivity index is 0.00000280. The SMILES string of the molecule is CCc1c[n+](CC(=O)c2ccc3ccccc3c2)cn1Cc1c(-c2ccccc2)oc2ccccc12.[Br-]. The number of halogens is 1. The number of Topliss-reactive ketones (excluding diaryl/α,β-unsaturated/α-hetero) is 1. The number of para-hydroxylation sites is 1. The van der Waals surface area contributed by atoms with Crippen molar-refractivity contribution in [2.75, 3.05) is 0 Å². The Bertz CT molecular complexity index is 1700. The second kappa shape index (κ2) is 10.6. The van der Waals surface area contributed by atoms with E-state index in [1.54, 1.807) is 0 Å². The molecule has 6 aromatic rings. The molecule has 184 valence electrons. The van der Waals surface area contributed by atoms with Crippen molar-refractivity contribution in [2.45, 2.75) is 26.4 Å². The minimum atomic E-state index is 0. The fourth-order valence-corrected chi connectivity index (χ4v) is 4.94. The van der Waals surface area contributed by atoms with Gasteiger partial charge < -0.3 is 21.4 Å². The molecule has 0 atom stereocenters. The largest absolute Gasteiger partial charge is 1.00 e. The van der Waals surface area contributed by atoms with Gasteiger partial charge in [-0.05, 0) is 22.9 Å². The summed E-state index contributed by atoms with van der Waals surface area (Å²) in [4.78, 5) is 13.2. The second-order valence-corrected chi connectivity index (χ2v) is 9.15. The quantitative estimate of drug-likeness (QED) is 0.224. The summed E-state index contributed by atoms with van der Waals surface area (Å²) in [6.07, 6.45) is 5.01. The van der Waals surface area contributed by atoms with Crippen LogP contribution in [0.15, 0.2) is 114 Å². The number of aromatic nitrogens is 2. The summed E-state index contributed by atoms with van der Waals surface area (Å²) in [6, 6.07) is 32.5. The first-order valence-electron chi connectivity index (χ1n) is 12.4. The Labute approximate surface area is 226 Å². The van der Waals surface area contributed by atoms with E-state index < -0.39 is 0 Å². The molecule has 0 bridgehead atoms. The maximum atomic E-state index is 13.2. The molecule has 5 heteroatoms. The molecule has 0 spiro atoms. The average Bonchev–Trinajstić information content (AvgIpc) is 3.49. The Morgan fingerprint density at radius 1 is 0.865 bits per heavy atom. The maximum Gasteiger partial charge on any atom is 0.244 e. The smallest absolute Gasteiger partial charge is 0.244 e. The molecule has 0 saturated carbocycles. The molecule has 0 saturated heterocycles. The number of imidazole rings is 1. The molecule has 0 aliphatic carbocycles. The number of hydrogen-bond donors (Lipinski definition) is 0. The van der Waals surface area contributed by atoms with E-state index in [1.165, 1.54) is 5.69 Å². The maximum absolute atomic E-state index is 13.2. The van der Waals surface area contributed by atoms with E-state index in [2.05, 4.69) is 48.0 Å². The highest BCUT2D eigenvalue weighted by atomic mass is 79.9. The molecule has 0 aliphatic heterocycles. The third kappa shape index (κ3) is 4.87. The minimum Gasteiger partial charge on any atom is -1.00 e. The Morgan fingerprint density at radius 2 is 1.59 bits per heavy atom. The van der Waals surface area contributed by atoms with Gasteiger partial charge >= 0.3 is 0 Å². The molecule has 2 aromatic heterocycles. The third-order valence-corrected chi connectivity index (χ3v) is 6.79. The van der Waals surface area contributed by atoms with Crippen molar-refractivity contribution in [1.82, 2.24) is 4.57 Å². The van der Waals surface area contributed by atoms with Gasteiger partial charge in [0.05, 0.1) is 0 Å². The summed E-state index contributed by atoms with van der Waals surface area (Å²) in [5, 5.41) is 3.34. The highest BCUT2D eigenvalue weighted by Gasteiger charge is 2.22. The highest BCUT2D eigenvalue weighted by Crippen LogP contribution is 2.34. The monoisotopic (exact) mass is 550 g/mol. The molecule has 2 heterocycles. The van der Waals surface area contributed by atoms with Crippen LogP contribution >= 0.6 is 0 Å². The predicted octanol–water partition coefficient (Wildman–Crippen LogP) is 3.84. The summed E-state index contributed by atoms with van der Waals surface area (Å²) in [5.41, 5.74) is 5.00. The van der Waals surface area contributed by atoms with Crippen LogP contribution in [0.25, 0.3) is 33.1 Å². The molecule has 0 radical (unpaired) electrons. The van der Waals surface area contributed by atoms with E-state index >= 15 is 0 Å². The number of nitrogens with zero attached hydrogens (tertiary/aromatic N) is 2. The van der Waals surface area contributed by atoms with Crippen LogP contribution in [0.1, 0.15) is 28.5 Å². The Kier molecular flexibility index (Phi) is 7.06. The number of aryl methyl sites for hydroxylation is 1. The van der Waals surface area contributed by atoms with E-state index in [1.807, 2.05) is 77.6 Å². The number of fused-ring (bicyclic) bond motifs is 2. The summed E-state index contributed by atoms with van der Waals surface area (Å²) >= 11 is 0. The van der Waals surface area contributed by atoms with Crippen molar-refractivity contribution in [1.29, 1.82) is 0 Å². The lowest BCUT2D eigenvalue weighted by atomic mass is 10.0. The van der Waals surface area contributed by atoms with Crippen LogP contribution in [0.3, 0.4) is 0 Å². The lowest BCUT2D eigenvalue weighted by Crippen LogP contribution is -3.00. The fraction of sp³-hybridized carbons (Fsp3) is 0.125. The lowest BCUT2D eigenvalue weighted by Gasteiger charge is -2.03. The van der Waals surface area contributed by atoms with E-state index in [-0.39, 0.29) is 22.8 Å². The van der Waals surface area contributed by atoms with Gasteiger partial charge in [-0.3, -0.25) is 4.79 Å². The first-order valence-corrected chi connectivity index (χ1v) is 12.4. The first-order chi connectivity index (χ1) is 17.7. The van der Waals surface area contributed by atoms with Crippen LogP contribution in [-0.2, 0) is 19.5 Å². The lowest BCUT2D eigenvalue weighted by molar-refractivity contribution is -0.682. The molecule has 0 unspecified atom stereocenters. The molecule has 4 aromatic carbocycles. The van der Waals surface area contributed by atoms with Crippen LogP contribution in [0.5, 0.6) is 0 Å². The average molecular weight is 551 g/mol. The Morgan fingerprint density at radius 3 is 2.41 bits per heavy atom. The van der Waals surface area contributed by atoms with Crippen LogP contribution in [0.2, 0.25) is 0 Å². The van der Waals surface area contributed by atoms with E-state index in [9.17, 15) is 4.79 Å². The predicted molar refractivity (Wildman–Crippen MR) is 143 cm³/mol. The molecule has 0 amide bonds. The number of ketones is 1. The second-order valence-electron chi connectivity index (χ2n) is 9.15. The van der Waals surface area contributed by atoms with Gasteiger partial charge in [-0.1, -0.05) is 91.9 Å². The molecule has 4 nitrogen and oxygen atoms in total. The molecule has 0 aliphatic rings. The summed E-state index contributed by atoms with van der Waals surface area (Å²) < 4.78 is 10.6. The van der Waals surface area contributed by atoms with Crippen molar-refractivity contribution < 1.29 is 30.8 Å². The number of hydrogen-bond acceptors (Lipinski definition) is 2. The zero-order valence-electron chi connectivity index (χ0n) is 20.6. The molecule has 0 fully saturated rings. The molecule has 6 rings (SSSR count). The van der Waals surface area contributed by atoms with Crippen LogP contribution in [-0.4, -0.2) is 10.4 Å². The number of furan rings is 1. The zero-order chi connectivity index (χ0) is 24.5. The third-order valence-electron chi connectivity index (χ3n) is 6.79. The zero-order valence-corrected chi connectivity index (χ0v) is 22.2. The van der Waals surface area contributed by atoms with Crippen molar-refractivity contribution in [3.8, 4) is 11.3 Å². The number of rotatable bonds is 7. The number of carbonyl (C=O) groups is 1. The van der Waals surface area contributed by atoms with Gasteiger partial charge in [-0.2, -0.15) is 0 Å². The van der Waals surface area contributed by atoms with Gasteiger partial charge in [0.15, 0.2) is 6.54 Å². The van der Waals surface area contributed by atoms with Crippen molar-refractivity contribution in [2.24, 2.45) is 0 Å². The van der Waals surface area contributed by atoms with Gasteiger partial charge in [-0.25, -0.2) is 9.13 Å². The van der Waals surface area contributed by atoms with Gasteiger partial charge in [0, 0.05) is 28.5 Å². The van der Waals surface area contributed by atoms with E-state index in [0.29, 0.717) is 13.1 Å². The van der Waals surface area contributed by atoms with Crippen molar-refractivity contribution in [3.05, 3.63) is 126 Å². The summed E-state index contributed by atoms with van der Waals surface area (Å²) in [5.74, 6) is 0.996. The van der Waals surface area contributed by atoms with Crippen LogP contribution in [0.4, 0.5) is 0 Å². The summed E-state index contributed by atoms with van der Waals surface area (Å²) in [6.45, 7) is 3.12. The highest BCUT2D eigenvalue weighted by molar-refractivity contribution is 5.99. The van der Waals surface area contributed by atoms with Gasteiger partial charge in [-0.15, -0.1) is 0 Å². The topological polar surface area (TPSA) is 39.0 Å². The first kappa shape index (κ1) is 24.7. The normalized spacial score (nSPS) is 11.1. The number of carbonyl (C=O) groups excluding carboxylic acids is 1. The van der Waals surface area contributed by atoms with Gasteiger partial charge in [0.2, 0.25) is 12.1 Å². The molecule has 37 heavy (non-hydrogen) atoms. The van der Waals surface area contributed by atoms with Crippen LogP contribution in [0, 0.1) is 0 Å². The number of benzene rings is 4. The van der Waals surface area contributed by atoms with Gasteiger partial charge in [0.1, 0.15) is 29.8 Å². The minimum absolute atomic E-state index is 0. The van der Waals surface area contributed by atoms with Crippen LogP contribution < -0.4 is 21.5 Å². The standard InChI is InChI=1S/C32H27N2O2.BrH/c1-2-27-19-33(21-30(35)26-17-16-23-10-6-7-13-25(23)18-26)22-34(27)20-29-28-14-8-9-15-31(28)36-32(29)24-11-4-3-5-12-24;/h3-19,22H,2,20-21H2,1H3;1H/q+1;/p-1.